The van der Waals surface area contributed by atoms with Gasteiger partial charge in [0.2, 0.25) is 10.0 Å². The van der Waals surface area contributed by atoms with Gasteiger partial charge in [-0.1, -0.05) is 13.8 Å². The second-order valence-corrected chi connectivity index (χ2v) is 10.2. The van der Waals surface area contributed by atoms with Crippen molar-refractivity contribution in [3.63, 3.8) is 0 Å². The molecule has 0 saturated carbocycles. The quantitative estimate of drug-likeness (QED) is 0.747. The second kappa shape index (κ2) is 8.69. The monoisotopic (exact) mass is 422 g/mol. The van der Waals surface area contributed by atoms with Crippen molar-refractivity contribution in [1.29, 1.82) is 0 Å². The summed E-state index contributed by atoms with van der Waals surface area (Å²) in [6.07, 6.45) is 1.27. The average molecular weight is 423 g/mol. The molecule has 2 unspecified atom stereocenters. The van der Waals surface area contributed by atoms with E-state index in [1.54, 1.807) is 0 Å². The second-order valence-electron chi connectivity index (χ2n) is 7.47. The molecule has 2 atom stereocenters. The van der Waals surface area contributed by atoms with Crippen LogP contribution in [0.1, 0.15) is 36.3 Å². The van der Waals surface area contributed by atoms with E-state index in [-0.39, 0.29) is 10.8 Å². The highest BCUT2D eigenvalue weighted by molar-refractivity contribution is 7.89. The fourth-order valence-corrected chi connectivity index (χ4v) is 5.09. The van der Waals surface area contributed by atoms with Gasteiger partial charge in [-0.25, -0.2) is 18.1 Å². The summed E-state index contributed by atoms with van der Waals surface area (Å²) in [5.41, 5.74) is 1.34. The van der Waals surface area contributed by atoms with Gasteiger partial charge >= 0.3 is 0 Å². The first-order valence-corrected chi connectivity index (χ1v) is 11.6. The number of rotatable bonds is 6. The zero-order valence-electron chi connectivity index (χ0n) is 16.3. The number of nitrogens with zero attached hydrogens (tertiary/aromatic N) is 2. The largest absolute Gasteiger partial charge is 0.298 e. The Labute approximate surface area is 170 Å². The first-order valence-electron chi connectivity index (χ1n) is 9.28. The number of benzene rings is 1. The third kappa shape index (κ3) is 5.16. The number of sulfonamides is 1. The van der Waals surface area contributed by atoms with Crippen LogP contribution in [0.3, 0.4) is 0 Å². The fraction of sp³-hybridized carbons (Fsp3) is 0.474. The molecule has 2 heterocycles. The minimum absolute atomic E-state index is 0.119. The number of carbonyl (C=O) groups is 1. The van der Waals surface area contributed by atoms with E-state index >= 15 is 0 Å². The van der Waals surface area contributed by atoms with Crippen LogP contribution < -0.4 is 10.0 Å². The zero-order valence-corrected chi connectivity index (χ0v) is 17.9. The molecule has 3 rings (SSSR count). The number of likely N-dealkylation sites (tertiary alicyclic amines) is 1. The van der Waals surface area contributed by atoms with Gasteiger partial charge in [-0.15, -0.1) is 11.3 Å². The molecule has 1 amide bonds. The van der Waals surface area contributed by atoms with Crippen molar-refractivity contribution in [2.45, 2.75) is 31.7 Å². The molecule has 7 nitrogen and oxygen atoms in total. The number of aromatic nitrogens is 1. The Kier molecular flexibility index (Phi) is 6.49. The minimum Gasteiger partial charge on any atom is -0.298 e. The Bertz CT molecular complexity index is 915. The molecule has 1 fully saturated rings. The van der Waals surface area contributed by atoms with E-state index in [9.17, 15) is 13.2 Å². The van der Waals surface area contributed by atoms with Crippen molar-refractivity contribution in [2.24, 2.45) is 11.8 Å². The lowest BCUT2D eigenvalue weighted by Gasteiger charge is -2.34. The molecule has 1 saturated heterocycles. The summed E-state index contributed by atoms with van der Waals surface area (Å²) < 4.78 is 25.8. The molecular weight excluding hydrogens is 396 g/mol. The van der Waals surface area contributed by atoms with Crippen LogP contribution in [0.25, 0.3) is 0 Å². The summed E-state index contributed by atoms with van der Waals surface area (Å²) in [5, 5.41) is 5.31. The standard InChI is InChI=1S/C19H26N4O3S2/c1-13-8-14(2)10-23(9-13)11-16-12-27-19(21-16)22-18(24)15-4-6-17(7-5-15)28(25,26)20-3/h4-7,12-14,20H,8-11H2,1-3H3,(H,21,22,24). The van der Waals surface area contributed by atoms with Gasteiger partial charge in [-0.05, 0) is 49.6 Å². The van der Waals surface area contributed by atoms with Gasteiger partial charge in [-0.3, -0.25) is 15.0 Å². The van der Waals surface area contributed by atoms with Crippen molar-refractivity contribution in [3.05, 3.63) is 40.9 Å². The first kappa shape index (κ1) is 20.9. The topological polar surface area (TPSA) is 91.4 Å². The molecule has 1 aromatic heterocycles. The molecule has 0 radical (unpaired) electrons. The van der Waals surface area contributed by atoms with Crippen molar-refractivity contribution in [3.8, 4) is 0 Å². The van der Waals surface area contributed by atoms with Crippen LogP contribution in [0, 0.1) is 11.8 Å². The molecule has 1 aromatic carbocycles. The molecule has 28 heavy (non-hydrogen) atoms. The van der Waals surface area contributed by atoms with Crippen LogP contribution in [-0.2, 0) is 16.6 Å². The SMILES string of the molecule is CNS(=O)(=O)c1ccc(C(=O)Nc2nc(CN3CC(C)CC(C)C3)cs2)cc1. The maximum absolute atomic E-state index is 12.4. The van der Waals surface area contributed by atoms with Gasteiger partial charge in [0.25, 0.3) is 5.91 Å². The molecule has 9 heteroatoms. The van der Waals surface area contributed by atoms with E-state index in [1.807, 2.05) is 5.38 Å². The van der Waals surface area contributed by atoms with Gasteiger partial charge in [-0.2, -0.15) is 0 Å². The van der Waals surface area contributed by atoms with E-state index in [0.717, 1.165) is 25.3 Å². The summed E-state index contributed by atoms with van der Waals surface area (Å²) in [6, 6.07) is 5.80. The summed E-state index contributed by atoms with van der Waals surface area (Å²) >= 11 is 1.40. The molecule has 1 aliphatic heterocycles. The highest BCUT2D eigenvalue weighted by Gasteiger charge is 2.22. The van der Waals surface area contributed by atoms with E-state index in [2.05, 4.69) is 33.8 Å². The highest BCUT2D eigenvalue weighted by Crippen LogP contribution is 2.24. The van der Waals surface area contributed by atoms with E-state index in [1.165, 1.54) is 49.1 Å². The fourth-order valence-electron chi connectivity index (χ4n) is 3.66. The Morgan fingerprint density at radius 1 is 1.21 bits per heavy atom. The Morgan fingerprint density at radius 2 is 1.86 bits per heavy atom. The molecule has 152 valence electrons. The number of hydrogen-bond acceptors (Lipinski definition) is 6. The van der Waals surface area contributed by atoms with Gasteiger partial charge < -0.3 is 0 Å². The normalized spacial score (nSPS) is 20.8. The van der Waals surface area contributed by atoms with Crippen LogP contribution in [0.5, 0.6) is 0 Å². The lowest BCUT2D eigenvalue weighted by atomic mass is 9.92. The maximum Gasteiger partial charge on any atom is 0.257 e. The van der Waals surface area contributed by atoms with Crippen LogP contribution in [0.15, 0.2) is 34.5 Å². The predicted octanol–water partition coefficient (Wildman–Crippen LogP) is 2.78. The summed E-state index contributed by atoms with van der Waals surface area (Å²) in [6.45, 7) is 7.50. The summed E-state index contributed by atoms with van der Waals surface area (Å²) in [4.78, 5) is 19.5. The third-order valence-electron chi connectivity index (χ3n) is 4.80. The van der Waals surface area contributed by atoms with Crippen LogP contribution in [0.4, 0.5) is 5.13 Å². The lowest BCUT2D eigenvalue weighted by Crippen LogP contribution is -2.38. The number of hydrogen-bond donors (Lipinski definition) is 2. The van der Waals surface area contributed by atoms with E-state index < -0.39 is 10.0 Å². The Balaban J connectivity index is 1.61. The van der Waals surface area contributed by atoms with Gasteiger partial charge in [0.05, 0.1) is 10.6 Å². The van der Waals surface area contributed by atoms with Crippen molar-refractivity contribution >= 4 is 32.4 Å². The maximum atomic E-state index is 12.4. The zero-order chi connectivity index (χ0) is 20.3. The van der Waals surface area contributed by atoms with E-state index in [0.29, 0.717) is 22.5 Å². The number of carbonyl (C=O) groups excluding carboxylic acids is 1. The summed E-state index contributed by atoms with van der Waals surface area (Å²) in [5.74, 6) is 1.07. The van der Waals surface area contributed by atoms with Gasteiger partial charge in [0.1, 0.15) is 0 Å². The molecule has 0 bridgehead atoms. The van der Waals surface area contributed by atoms with Crippen molar-refractivity contribution < 1.29 is 13.2 Å². The third-order valence-corrected chi connectivity index (χ3v) is 7.03. The van der Waals surface area contributed by atoms with Crippen LogP contribution >= 0.6 is 11.3 Å². The number of piperidine rings is 1. The lowest BCUT2D eigenvalue weighted by molar-refractivity contribution is 0.102. The van der Waals surface area contributed by atoms with Crippen molar-refractivity contribution in [2.75, 3.05) is 25.5 Å². The number of anilines is 1. The van der Waals surface area contributed by atoms with Gasteiger partial charge in [0, 0.05) is 30.6 Å². The number of nitrogens with one attached hydrogen (secondary N) is 2. The van der Waals surface area contributed by atoms with Crippen molar-refractivity contribution in [1.82, 2.24) is 14.6 Å². The molecule has 2 N–H and O–H groups in total. The molecular formula is C19H26N4O3S2. The number of amides is 1. The average Bonchev–Trinajstić information content (AvgIpc) is 3.07. The van der Waals surface area contributed by atoms with E-state index in [4.69, 9.17) is 0 Å². The highest BCUT2D eigenvalue weighted by atomic mass is 32.2. The smallest absolute Gasteiger partial charge is 0.257 e. The van der Waals surface area contributed by atoms with Crippen LogP contribution in [-0.4, -0.2) is 44.3 Å². The molecule has 1 aliphatic rings. The Hall–Kier alpha value is -1.81. The van der Waals surface area contributed by atoms with Crippen LogP contribution in [0.2, 0.25) is 0 Å². The summed E-state index contributed by atoms with van der Waals surface area (Å²) in [7, 11) is -2.17. The number of thiazole rings is 1. The molecule has 2 aromatic rings. The predicted molar refractivity (Wildman–Crippen MR) is 111 cm³/mol. The minimum atomic E-state index is -3.51. The first-order chi connectivity index (χ1) is 13.3. The molecule has 0 spiro atoms. The Morgan fingerprint density at radius 3 is 2.46 bits per heavy atom. The molecule has 0 aliphatic carbocycles. The van der Waals surface area contributed by atoms with Gasteiger partial charge in [0.15, 0.2) is 5.13 Å².